The lowest BCUT2D eigenvalue weighted by Crippen LogP contribution is -2.21. The number of halogens is 6. The maximum absolute atomic E-state index is 14.2. The third-order valence-corrected chi connectivity index (χ3v) is 6.86. The number of amides is 2. The Morgan fingerprint density at radius 1 is 0.976 bits per heavy atom. The SMILES string of the molecule is O=C(Nc1cc(-c2cnc3ocnc3c2)cc2c1C(c1cc(F)ccc1Cl)NC2=O)c1cc(F)cc(C(F)(F)F)c1. The first-order valence-corrected chi connectivity index (χ1v) is 12.2. The summed E-state index contributed by atoms with van der Waals surface area (Å²) in [5.41, 5.74) is -0.0176. The Bertz CT molecular complexity index is 1890. The number of carbonyl (C=O) groups is 2. The Labute approximate surface area is 232 Å². The number of hydrogen-bond acceptors (Lipinski definition) is 5. The molecule has 0 radical (unpaired) electrons. The second-order valence-electron chi connectivity index (χ2n) is 9.14. The summed E-state index contributed by atoms with van der Waals surface area (Å²) in [4.78, 5) is 34.6. The molecule has 2 aromatic heterocycles. The predicted molar refractivity (Wildman–Crippen MR) is 137 cm³/mol. The molecular weight excluding hydrogens is 571 g/mol. The molecule has 6 rings (SSSR count). The largest absolute Gasteiger partial charge is 0.425 e. The second kappa shape index (κ2) is 9.66. The van der Waals surface area contributed by atoms with Gasteiger partial charge in [-0.2, -0.15) is 13.2 Å². The topological polar surface area (TPSA) is 97.1 Å². The Hall–Kier alpha value is -4.84. The van der Waals surface area contributed by atoms with Crippen LogP contribution in [-0.4, -0.2) is 21.8 Å². The molecule has 2 amide bonds. The molecule has 206 valence electrons. The Morgan fingerprint density at radius 3 is 2.56 bits per heavy atom. The fraction of sp³-hybridized carbons (Fsp3) is 0.0714. The summed E-state index contributed by atoms with van der Waals surface area (Å²) in [5, 5.41) is 5.33. The quantitative estimate of drug-likeness (QED) is 0.223. The van der Waals surface area contributed by atoms with Crippen molar-refractivity contribution in [2.75, 3.05) is 5.32 Å². The van der Waals surface area contributed by atoms with E-state index in [1.807, 2.05) is 0 Å². The van der Waals surface area contributed by atoms with E-state index in [0.717, 1.165) is 12.1 Å². The number of oxazole rings is 1. The third kappa shape index (κ3) is 4.86. The van der Waals surface area contributed by atoms with E-state index in [4.69, 9.17) is 16.0 Å². The lowest BCUT2D eigenvalue weighted by atomic mass is 9.93. The van der Waals surface area contributed by atoms with Crippen LogP contribution in [-0.2, 0) is 6.18 Å². The average Bonchev–Trinajstić information content (AvgIpc) is 3.53. The summed E-state index contributed by atoms with van der Waals surface area (Å²) in [6.45, 7) is 0. The highest BCUT2D eigenvalue weighted by Gasteiger charge is 2.36. The number of fused-ring (bicyclic) bond motifs is 2. The second-order valence-corrected chi connectivity index (χ2v) is 9.55. The van der Waals surface area contributed by atoms with Crippen LogP contribution in [0.3, 0.4) is 0 Å². The number of nitrogens with one attached hydrogen (secondary N) is 2. The van der Waals surface area contributed by atoms with Crippen LogP contribution >= 0.6 is 11.6 Å². The zero-order valence-corrected chi connectivity index (χ0v) is 21.1. The smallest absolute Gasteiger partial charge is 0.416 e. The van der Waals surface area contributed by atoms with Gasteiger partial charge < -0.3 is 15.1 Å². The molecule has 3 heterocycles. The molecule has 0 aliphatic carbocycles. The van der Waals surface area contributed by atoms with E-state index in [-0.39, 0.29) is 39.2 Å². The number of anilines is 1. The van der Waals surface area contributed by atoms with Gasteiger partial charge in [-0.15, -0.1) is 0 Å². The van der Waals surface area contributed by atoms with E-state index in [1.54, 1.807) is 6.07 Å². The molecule has 0 spiro atoms. The van der Waals surface area contributed by atoms with E-state index < -0.39 is 46.8 Å². The van der Waals surface area contributed by atoms with Crippen molar-refractivity contribution in [3.63, 3.8) is 0 Å². The molecule has 0 saturated heterocycles. The zero-order chi connectivity index (χ0) is 29.1. The monoisotopic (exact) mass is 584 g/mol. The summed E-state index contributed by atoms with van der Waals surface area (Å²) >= 11 is 6.32. The highest BCUT2D eigenvalue weighted by atomic mass is 35.5. The van der Waals surface area contributed by atoms with E-state index in [9.17, 15) is 31.5 Å². The molecule has 1 aliphatic rings. The first-order chi connectivity index (χ1) is 19.5. The number of alkyl halides is 3. The molecule has 0 saturated carbocycles. The van der Waals surface area contributed by atoms with Crippen LogP contribution in [0, 0.1) is 11.6 Å². The number of pyridine rings is 1. The van der Waals surface area contributed by atoms with Crippen molar-refractivity contribution < 1.29 is 36.0 Å². The maximum atomic E-state index is 14.2. The fourth-order valence-corrected chi connectivity index (χ4v) is 4.89. The highest BCUT2D eigenvalue weighted by Crippen LogP contribution is 2.42. The number of nitrogens with zero attached hydrogens (tertiary/aromatic N) is 2. The molecule has 1 aliphatic heterocycles. The summed E-state index contributed by atoms with van der Waals surface area (Å²) < 4.78 is 73.3. The maximum Gasteiger partial charge on any atom is 0.416 e. The Kier molecular flexibility index (Phi) is 6.22. The van der Waals surface area contributed by atoms with Crippen molar-refractivity contribution >= 4 is 40.3 Å². The number of rotatable bonds is 4. The van der Waals surface area contributed by atoms with Crippen LogP contribution < -0.4 is 10.6 Å². The van der Waals surface area contributed by atoms with Crippen LogP contribution in [0.2, 0.25) is 5.02 Å². The van der Waals surface area contributed by atoms with Crippen molar-refractivity contribution in [1.29, 1.82) is 0 Å². The van der Waals surface area contributed by atoms with Crippen molar-refractivity contribution in [2.24, 2.45) is 0 Å². The summed E-state index contributed by atoms with van der Waals surface area (Å²) in [6.07, 6.45) is -2.26. The molecule has 13 heteroatoms. The molecule has 1 unspecified atom stereocenters. The van der Waals surface area contributed by atoms with E-state index in [2.05, 4.69) is 20.6 Å². The minimum atomic E-state index is -4.90. The van der Waals surface area contributed by atoms with Crippen LogP contribution in [0.15, 0.2) is 71.6 Å². The van der Waals surface area contributed by atoms with Gasteiger partial charge in [0.05, 0.1) is 11.6 Å². The van der Waals surface area contributed by atoms with Gasteiger partial charge in [0.25, 0.3) is 11.8 Å². The molecule has 1 atom stereocenters. The lowest BCUT2D eigenvalue weighted by molar-refractivity contribution is -0.137. The third-order valence-electron chi connectivity index (χ3n) is 6.51. The molecular formula is C28H14ClF5N4O3. The summed E-state index contributed by atoms with van der Waals surface area (Å²) in [6, 6.07) is 8.55. The molecule has 3 aromatic carbocycles. The zero-order valence-electron chi connectivity index (χ0n) is 20.3. The van der Waals surface area contributed by atoms with Crippen LogP contribution in [0.5, 0.6) is 0 Å². The van der Waals surface area contributed by atoms with E-state index in [1.165, 1.54) is 30.8 Å². The van der Waals surface area contributed by atoms with Gasteiger partial charge in [-0.25, -0.2) is 18.7 Å². The first kappa shape index (κ1) is 26.4. The molecule has 0 bridgehead atoms. The number of carbonyl (C=O) groups excluding carboxylic acids is 2. The van der Waals surface area contributed by atoms with E-state index >= 15 is 0 Å². The average molecular weight is 585 g/mol. The number of benzene rings is 3. The Morgan fingerprint density at radius 2 is 1.78 bits per heavy atom. The molecule has 5 aromatic rings. The summed E-state index contributed by atoms with van der Waals surface area (Å²) in [5.74, 6) is -3.57. The number of aromatic nitrogens is 2. The van der Waals surface area contributed by atoms with Crippen LogP contribution in [0.4, 0.5) is 27.6 Å². The predicted octanol–water partition coefficient (Wildman–Crippen LogP) is 6.93. The fourth-order valence-electron chi connectivity index (χ4n) is 4.67. The first-order valence-electron chi connectivity index (χ1n) is 11.8. The van der Waals surface area contributed by atoms with Crippen molar-refractivity contribution in [3.8, 4) is 11.1 Å². The Balaban J connectivity index is 1.51. The van der Waals surface area contributed by atoms with Gasteiger partial charge in [0, 0.05) is 44.7 Å². The minimum absolute atomic E-state index is 0.00996. The van der Waals surface area contributed by atoms with Crippen molar-refractivity contribution in [2.45, 2.75) is 12.2 Å². The van der Waals surface area contributed by atoms with Crippen LogP contribution in [0.25, 0.3) is 22.4 Å². The van der Waals surface area contributed by atoms with E-state index in [0.29, 0.717) is 28.8 Å². The van der Waals surface area contributed by atoms with Gasteiger partial charge >= 0.3 is 6.18 Å². The van der Waals surface area contributed by atoms with Gasteiger partial charge in [-0.3, -0.25) is 9.59 Å². The minimum Gasteiger partial charge on any atom is -0.425 e. The highest BCUT2D eigenvalue weighted by molar-refractivity contribution is 6.31. The summed E-state index contributed by atoms with van der Waals surface area (Å²) in [7, 11) is 0. The van der Waals surface area contributed by atoms with Crippen LogP contribution in [0.1, 0.15) is 43.4 Å². The van der Waals surface area contributed by atoms with Gasteiger partial charge in [-0.05, 0) is 60.2 Å². The molecule has 7 nitrogen and oxygen atoms in total. The van der Waals surface area contributed by atoms with Gasteiger partial charge in [0.15, 0.2) is 6.39 Å². The number of hydrogen-bond donors (Lipinski definition) is 2. The molecule has 2 N–H and O–H groups in total. The molecule has 41 heavy (non-hydrogen) atoms. The molecule has 0 fully saturated rings. The van der Waals surface area contributed by atoms with Crippen molar-refractivity contribution in [3.05, 3.63) is 112 Å². The van der Waals surface area contributed by atoms with Gasteiger partial charge in [0.1, 0.15) is 17.2 Å². The van der Waals surface area contributed by atoms with Crippen molar-refractivity contribution in [1.82, 2.24) is 15.3 Å². The lowest BCUT2D eigenvalue weighted by Gasteiger charge is -2.19. The normalized spacial score (nSPS) is 14.7. The standard InChI is InChI=1S/C28H14ClF5N4O3/c29-20-2-1-16(30)9-18(20)24-23-19(26(40)38-24)5-12(14-7-22-27(35-10-14)41-11-36-22)6-21(23)37-25(39)13-3-15(28(32,33)34)8-17(31)4-13/h1-11,24H,(H,37,39)(H,38,40). The van der Waals surface area contributed by atoms with Gasteiger partial charge in [-0.1, -0.05) is 11.6 Å². The van der Waals surface area contributed by atoms with Gasteiger partial charge in [0.2, 0.25) is 5.71 Å².